The van der Waals surface area contributed by atoms with Crippen LogP contribution in [0.15, 0.2) is 0 Å². The molecule has 0 aliphatic carbocycles. The molecule has 0 saturated carbocycles. The number of β-amino-alcohol motifs (C(OH)–C–C–N with tert-alkyl or cyclic N) is 2. The summed E-state index contributed by atoms with van der Waals surface area (Å²) >= 11 is 0. The van der Waals surface area contributed by atoms with E-state index < -0.39 is 0 Å². The van der Waals surface area contributed by atoms with Crippen LogP contribution in [0.3, 0.4) is 0 Å². The van der Waals surface area contributed by atoms with Gasteiger partial charge in [0.25, 0.3) is 0 Å². The van der Waals surface area contributed by atoms with E-state index in [1.54, 1.807) is 0 Å². The minimum atomic E-state index is -0.279. The van der Waals surface area contributed by atoms with E-state index in [4.69, 9.17) is 0 Å². The maximum absolute atomic E-state index is 10.7. The van der Waals surface area contributed by atoms with E-state index >= 15 is 0 Å². The van der Waals surface area contributed by atoms with Gasteiger partial charge in [-0.25, -0.2) is 0 Å². The van der Waals surface area contributed by atoms with Crippen molar-refractivity contribution >= 4 is 0 Å². The minimum Gasteiger partial charge on any atom is -0.390 e. The fourth-order valence-corrected chi connectivity index (χ4v) is 6.13. The van der Waals surface area contributed by atoms with Crippen LogP contribution in [0, 0.1) is 11.8 Å². The van der Waals surface area contributed by atoms with Crippen molar-refractivity contribution in [3.8, 4) is 0 Å². The average molecular weight is 425 g/mol. The Bertz CT molecular complexity index is 496. The zero-order valence-corrected chi connectivity index (χ0v) is 20.0. The van der Waals surface area contributed by atoms with E-state index in [9.17, 15) is 10.2 Å². The smallest absolute Gasteiger partial charge is 0.0794 e. The molecule has 6 atom stereocenters. The van der Waals surface area contributed by atoms with E-state index in [-0.39, 0.29) is 12.2 Å². The van der Waals surface area contributed by atoms with Gasteiger partial charge in [-0.1, -0.05) is 13.8 Å². The van der Waals surface area contributed by atoms with Gasteiger partial charge in [-0.15, -0.1) is 0 Å². The second kappa shape index (κ2) is 11.6. The lowest BCUT2D eigenvalue weighted by Crippen LogP contribution is -2.60. The summed E-state index contributed by atoms with van der Waals surface area (Å²) in [6.07, 6.45) is 4.63. The first-order valence-corrected chi connectivity index (χ1v) is 12.6. The molecular weight excluding hydrogens is 376 g/mol. The molecule has 0 spiro atoms. The normalized spacial score (nSPS) is 35.4. The number of hydrogen-bond acceptors (Lipinski definition) is 6. The van der Waals surface area contributed by atoms with Crippen LogP contribution in [-0.2, 0) is 0 Å². The Morgan fingerprint density at radius 1 is 0.633 bits per heavy atom. The van der Waals surface area contributed by atoms with Crippen LogP contribution in [0.2, 0.25) is 0 Å². The average Bonchev–Trinajstić information content (AvgIpc) is 2.64. The number of piperidine rings is 2. The summed E-state index contributed by atoms with van der Waals surface area (Å²) in [6.45, 7) is 18.8. The standard InChI is InChI=1S/C24H48N4O2/c1-19-7-5-9-25(11-19)15-23(29)17-27-13-21(3)28(22(4)14-27)18-24(30)16-26-10-6-8-20(2)12-26/h19-24,29-30H,5-18H2,1-4H3. The lowest BCUT2D eigenvalue weighted by molar-refractivity contribution is -0.0227. The van der Waals surface area contributed by atoms with Crippen molar-refractivity contribution in [3.05, 3.63) is 0 Å². The van der Waals surface area contributed by atoms with Crippen molar-refractivity contribution in [2.75, 3.05) is 65.4 Å². The molecule has 176 valence electrons. The topological polar surface area (TPSA) is 53.4 Å². The van der Waals surface area contributed by atoms with E-state index in [0.717, 1.165) is 77.3 Å². The number of hydrogen-bond donors (Lipinski definition) is 2. The third-order valence-electron chi connectivity index (χ3n) is 7.49. The number of piperazine rings is 1. The number of rotatable bonds is 8. The molecule has 0 bridgehead atoms. The molecule has 0 radical (unpaired) electrons. The zero-order valence-electron chi connectivity index (χ0n) is 20.0. The fraction of sp³-hybridized carbons (Fsp3) is 1.00. The van der Waals surface area contributed by atoms with Gasteiger partial charge in [0.15, 0.2) is 0 Å². The Morgan fingerprint density at radius 2 is 1.07 bits per heavy atom. The molecule has 0 amide bonds. The molecule has 3 aliphatic rings. The molecule has 6 heteroatoms. The van der Waals surface area contributed by atoms with E-state index in [1.807, 2.05) is 0 Å². The quantitative estimate of drug-likeness (QED) is 0.617. The Morgan fingerprint density at radius 3 is 1.53 bits per heavy atom. The second-order valence-corrected chi connectivity index (χ2v) is 10.9. The largest absolute Gasteiger partial charge is 0.390 e. The Kier molecular flexibility index (Phi) is 9.41. The summed E-state index contributed by atoms with van der Waals surface area (Å²) in [5.74, 6) is 1.51. The highest BCUT2D eigenvalue weighted by Gasteiger charge is 2.32. The summed E-state index contributed by atoms with van der Waals surface area (Å²) in [4.78, 5) is 9.80. The Balaban J connectivity index is 1.40. The predicted molar refractivity (Wildman–Crippen MR) is 124 cm³/mol. The van der Waals surface area contributed by atoms with Crippen molar-refractivity contribution in [2.24, 2.45) is 11.8 Å². The maximum Gasteiger partial charge on any atom is 0.0794 e. The van der Waals surface area contributed by atoms with E-state index in [1.165, 1.54) is 25.7 Å². The SMILES string of the molecule is CC1CCCN(CC(O)CN2CC(C)N(CC(O)CN3CCCC(C)C3)C(C)C2)C1. The third kappa shape index (κ3) is 7.42. The number of likely N-dealkylation sites (tertiary alicyclic amines) is 2. The predicted octanol–water partition coefficient (Wildman–Crippen LogP) is 1.57. The van der Waals surface area contributed by atoms with Crippen LogP contribution < -0.4 is 0 Å². The monoisotopic (exact) mass is 424 g/mol. The van der Waals surface area contributed by atoms with Crippen LogP contribution in [0.1, 0.15) is 53.4 Å². The summed E-state index contributed by atoms with van der Waals surface area (Å²) in [5, 5.41) is 21.4. The first kappa shape index (κ1) is 24.4. The van der Waals surface area contributed by atoms with Gasteiger partial charge in [-0.3, -0.25) is 9.80 Å². The van der Waals surface area contributed by atoms with Crippen molar-refractivity contribution in [1.82, 2.24) is 19.6 Å². The minimum absolute atomic E-state index is 0.270. The molecule has 3 aliphatic heterocycles. The van der Waals surface area contributed by atoms with Gasteiger partial charge in [-0.2, -0.15) is 0 Å². The molecule has 3 rings (SSSR count). The first-order chi connectivity index (χ1) is 14.3. The molecule has 2 N–H and O–H groups in total. The van der Waals surface area contributed by atoms with Gasteiger partial charge in [0, 0.05) is 64.4 Å². The van der Waals surface area contributed by atoms with Crippen molar-refractivity contribution in [1.29, 1.82) is 0 Å². The molecule has 0 aromatic rings. The third-order valence-corrected chi connectivity index (χ3v) is 7.49. The highest BCUT2D eigenvalue weighted by Crippen LogP contribution is 2.20. The summed E-state index contributed by atoms with van der Waals surface area (Å²) in [6, 6.07) is 0.816. The van der Waals surface area contributed by atoms with Gasteiger partial charge in [0.1, 0.15) is 0 Å². The molecule has 30 heavy (non-hydrogen) atoms. The van der Waals surface area contributed by atoms with Gasteiger partial charge in [0.2, 0.25) is 0 Å². The highest BCUT2D eigenvalue weighted by molar-refractivity contribution is 4.88. The molecule has 6 unspecified atom stereocenters. The van der Waals surface area contributed by atoms with Crippen LogP contribution in [-0.4, -0.2) is 120 Å². The Labute approximate surface area is 185 Å². The van der Waals surface area contributed by atoms with E-state index in [2.05, 4.69) is 47.3 Å². The van der Waals surface area contributed by atoms with Crippen LogP contribution in [0.4, 0.5) is 0 Å². The molecule has 0 aromatic heterocycles. The highest BCUT2D eigenvalue weighted by atomic mass is 16.3. The number of aliphatic hydroxyl groups excluding tert-OH is 2. The van der Waals surface area contributed by atoms with Gasteiger partial charge < -0.3 is 20.0 Å². The van der Waals surface area contributed by atoms with E-state index in [0.29, 0.717) is 12.1 Å². The Hall–Kier alpha value is -0.240. The van der Waals surface area contributed by atoms with Crippen molar-refractivity contribution in [2.45, 2.75) is 77.7 Å². The molecule has 0 aromatic carbocycles. The van der Waals surface area contributed by atoms with Gasteiger partial charge >= 0.3 is 0 Å². The molecule has 3 heterocycles. The summed E-state index contributed by atoms with van der Waals surface area (Å²) in [5.41, 5.74) is 0. The second-order valence-electron chi connectivity index (χ2n) is 10.9. The number of aliphatic hydroxyl groups is 2. The molecule has 6 nitrogen and oxygen atoms in total. The molecule has 3 fully saturated rings. The molecule has 3 saturated heterocycles. The summed E-state index contributed by atoms with van der Waals surface area (Å²) < 4.78 is 0. The fourth-order valence-electron chi connectivity index (χ4n) is 6.13. The summed E-state index contributed by atoms with van der Waals surface area (Å²) in [7, 11) is 0. The van der Waals surface area contributed by atoms with Gasteiger partial charge in [0.05, 0.1) is 12.2 Å². The van der Waals surface area contributed by atoms with Crippen LogP contribution >= 0.6 is 0 Å². The first-order valence-electron chi connectivity index (χ1n) is 12.6. The van der Waals surface area contributed by atoms with Crippen molar-refractivity contribution < 1.29 is 10.2 Å². The molecular formula is C24H48N4O2. The van der Waals surface area contributed by atoms with Gasteiger partial charge in [-0.05, 0) is 64.5 Å². The maximum atomic E-state index is 10.7. The van der Waals surface area contributed by atoms with Crippen molar-refractivity contribution in [3.63, 3.8) is 0 Å². The van der Waals surface area contributed by atoms with Crippen LogP contribution in [0.25, 0.3) is 0 Å². The lowest BCUT2D eigenvalue weighted by Gasteiger charge is -2.46. The number of nitrogens with zero attached hydrogens (tertiary/aromatic N) is 4. The van der Waals surface area contributed by atoms with Crippen LogP contribution in [0.5, 0.6) is 0 Å². The lowest BCUT2D eigenvalue weighted by atomic mass is 9.99. The zero-order chi connectivity index (χ0) is 21.7.